The number of nitro groups is 1. The first-order valence-electron chi connectivity index (χ1n) is 10.5. The van der Waals surface area contributed by atoms with E-state index < -0.39 is 16.1 Å². The molecule has 0 atom stereocenters. The number of benzene rings is 3. The predicted octanol–water partition coefficient (Wildman–Crippen LogP) is 6.68. The highest BCUT2D eigenvalue weighted by Crippen LogP contribution is 2.38. The number of halogens is 2. The fourth-order valence-electron chi connectivity index (χ4n) is 3.48. The molecule has 4 rings (SSSR count). The van der Waals surface area contributed by atoms with Gasteiger partial charge in [-0.15, -0.1) is 0 Å². The van der Waals surface area contributed by atoms with Crippen molar-refractivity contribution in [1.82, 2.24) is 4.90 Å². The monoisotopic (exact) mass is 636 g/mol. The average Bonchev–Trinajstić information content (AvgIpc) is 3.11. The lowest BCUT2D eigenvalue weighted by Crippen LogP contribution is -2.27. The number of carbonyl (C=O) groups is 2. The van der Waals surface area contributed by atoms with Crippen molar-refractivity contribution >= 4 is 68.9 Å². The number of hydrogen-bond acceptors (Lipinski definition) is 7. The number of nitrogens with zero attached hydrogens (tertiary/aromatic N) is 2. The number of carbonyl (C=O) groups excluding carboxylic acids is 2. The minimum atomic E-state index is -0.533. The van der Waals surface area contributed by atoms with E-state index in [2.05, 4.69) is 22.6 Å². The van der Waals surface area contributed by atoms with Crippen LogP contribution >= 0.6 is 46.0 Å². The molecule has 0 aliphatic carbocycles. The van der Waals surface area contributed by atoms with Crippen molar-refractivity contribution in [1.29, 1.82) is 0 Å². The van der Waals surface area contributed by atoms with Crippen LogP contribution in [0.4, 0.5) is 10.5 Å². The highest BCUT2D eigenvalue weighted by atomic mass is 127. The molecule has 36 heavy (non-hydrogen) atoms. The molecule has 1 saturated heterocycles. The van der Waals surface area contributed by atoms with Crippen LogP contribution in [0.2, 0.25) is 5.02 Å². The van der Waals surface area contributed by atoms with Crippen molar-refractivity contribution in [2.75, 3.05) is 7.11 Å². The Morgan fingerprint density at radius 3 is 2.56 bits per heavy atom. The molecular weight excluding hydrogens is 619 g/mol. The number of para-hydroxylation sites is 1. The van der Waals surface area contributed by atoms with Gasteiger partial charge in [-0.05, 0) is 75.8 Å². The number of hydrogen-bond donors (Lipinski definition) is 0. The summed E-state index contributed by atoms with van der Waals surface area (Å²) in [4.78, 5) is 37.5. The van der Waals surface area contributed by atoms with Gasteiger partial charge in [0.15, 0.2) is 11.5 Å². The van der Waals surface area contributed by atoms with Crippen LogP contribution < -0.4 is 9.47 Å². The van der Waals surface area contributed by atoms with Crippen molar-refractivity contribution in [2.24, 2.45) is 0 Å². The quantitative estimate of drug-likeness (QED) is 0.118. The van der Waals surface area contributed by atoms with Crippen LogP contribution in [0, 0.1) is 13.7 Å². The summed E-state index contributed by atoms with van der Waals surface area (Å²) < 4.78 is 12.2. The first-order chi connectivity index (χ1) is 17.3. The summed E-state index contributed by atoms with van der Waals surface area (Å²) in [6.07, 6.45) is 1.60. The van der Waals surface area contributed by atoms with Gasteiger partial charge in [-0.1, -0.05) is 41.9 Å². The molecule has 0 bridgehead atoms. The highest BCUT2D eigenvalue weighted by Gasteiger charge is 2.36. The molecule has 1 aliphatic heterocycles. The third-order valence-corrected chi connectivity index (χ3v) is 7.20. The van der Waals surface area contributed by atoms with Crippen LogP contribution in [-0.4, -0.2) is 28.1 Å². The van der Waals surface area contributed by atoms with Crippen LogP contribution in [0.5, 0.6) is 11.5 Å². The van der Waals surface area contributed by atoms with Crippen molar-refractivity contribution in [3.63, 3.8) is 0 Å². The zero-order valence-electron chi connectivity index (χ0n) is 18.8. The van der Waals surface area contributed by atoms with Gasteiger partial charge in [0.2, 0.25) is 0 Å². The number of ether oxygens (including phenoxy) is 2. The van der Waals surface area contributed by atoms with Crippen molar-refractivity contribution in [3.05, 3.63) is 101 Å². The Hall–Kier alpha value is -3.09. The summed E-state index contributed by atoms with van der Waals surface area (Å²) in [6, 6.07) is 16.9. The van der Waals surface area contributed by atoms with Gasteiger partial charge in [0, 0.05) is 16.7 Å². The van der Waals surface area contributed by atoms with E-state index in [4.69, 9.17) is 21.1 Å². The van der Waals surface area contributed by atoms with E-state index in [0.29, 0.717) is 28.7 Å². The summed E-state index contributed by atoms with van der Waals surface area (Å²) in [5.74, 6) is 0.510. The molecule has 2 amide bonds. The molecule has 0 radical (unpaired) electrons. The molecule has 8 nitrogen and oxygen atoms in total. The Bertz CT molecular complexity index is 1380. The Morgan fingerprint density at radius 1 is 1.14 bits per heavy atom. The lowest BCUT2D eigenvalue weighted by Gasteiger charge is -2.14. The Kier molecular flexibility index (Phi) is 8.17. The summed E-state index contributed by atoms with van der Waals surface area (Å²) in [5, 5.41) is 11.4. The number of methoxy groups -OCH3 is 1. The summed E-state index contributed by atoms with van der Waals surface area (Å²) in [7, 11) is 1.52. The molecule has 0 unspecified atom stereocenters. The Balaban J connectivity index is 1.54. The van der Waals surface area contributed by atoms with Gasteiger partial charge < -0.3 is 9.47 Å². The predicted molar refractivity (Wildman–Crippen MR) is 146 cm³/mol. The maximum Gasteiger partial charge on any atom is 0.293 e. The van der Waals surface area contributed by atoms with E-state index >= 15 is 0 Å². The summed E-state index contributed by atoms with van der Waals surface area (Å²) in [5.41, 5.74) is 1.72. The van der Waals surface area contributed by atoms with Gasteiger partial charge in [-0.25, -0.2) is 0 Å². The lowest BCUT2D eigenvalue weighted by atomic mass is 10.1. The van der Waals surface area contributed by atoms with Crippen LogP contribution in [0.3, 0.4) is 0 Å². The average molecular weight is 637 g/mol. The van der Waals surface area contributed by atoms with E-state index in [1.54, 1.807) is 30.3 Å². The molecule has 3 aromatic rings. The summed E-state index contributed by atoms with van der Waals surface area (Å²) in [6.45, 7) is 0.130. The standard InChI is InChI=1S/C25H18ClIN2O6S/c1-34-21-11-16(10-19(27)23(21)35-14-15-6-8-18(26)9-7-15)12-22-24(30)28(25(31)36-22)13-17-4-2-3-5-20(17)29(32)33/h2-12H,13-14H2,1H3. The number of nitro benzene ring substituents is 1. The zero-order valence-corrected chi connectivity index (χ0v) is 22.5. The molecule has 1 fully saturated rings. The van der Waals surface area contributed by atoms with Gasteiger partial charge in [0.1, 0.15) is 6.61 Å². The largest absolute Gasteiger partial charge is 0.493 e. The van der Waals surface area contributed by atoms with Gasteiger partial charge in [-0.2, -0.15) is 0 Å². The fraction of sp³-hybridized carbons (Fsp3) is 0.120. The Labute approximate surface area is 229 Å². The molecule has 0 spiro atoms. The third-order valence-electron chi connectivity index (χ3n) is 5.24. The zero-order chi connectivity index (χ0) is 25.8. The van der Waals surface area contributed by atoms with Crippen LogP contribution in [-0.2, 0) is 17.9 Å². The number of imide groups is 1. The van der Waals surface area contributed by atoms with Crippen LogP contribution in [0.25, 0.3) is 6.08 Å². The number of amides is 2. The van der Waals surface area contributed by atoms with Gasteiger partial charge in [0.05, 0.1) is 27.1 Å². The van der Waals surface area contributed by atoms with Crippen LogP contribution in [0.15, 0.2) is 65.6 Å². The van der Waals surface area contributed by atoms with E-state index in [1.807, 2.05) is 18.2 Å². The molecule has 1 heterocycles. The first kappa shape index (κ1) is 26.0. The van der Waals surface area contributed by atoms with E-state index in [1.165, 1.54) is 25.3 Å². The topological polar surface area (TPSA) is 99.0 Å². The Morgan fingerprint density at radius 2 is 1.86 bits per heavy atom. The minimum Gasteiger partial charge on any atom is -0.493 e. The van der Waals surface area contributed by atoms with Crippen molar-refractivity contribution in [3.8, 4) is 11.5 Å². The van der Waals surface area contributed by atoms with Gasteiger partial charge in [-0.3, -0.25) is 24.6 Å². The smallest absolute Gasteiger partial charge is 0.293 e. The molecule has 0 aromatic heterocycles. The van der Waals surface area contributed by atoms with Gasteiger partial charge >= 0.3 is 0 Å². The maximum atomic E-state index is 13.0. The molecule has 3 aromatic carbocycles. The molecule has 184 valence electrons. The number of thioether (sulfide) groups is 1. The highest BCUT2D eigenvalue weighted by molar-refractivity contribution is 14.1. The van der Waals surface area contributed by atoms with E-state index in [9.17, 15) is 19.7 Å². The normalized spacial score (nSPS) is 14.4. The first-order valence-corrected chi connectivity index (χ1v) is 12.8. The second kappa shape index (κ2) is 11.3. The van der Waals surface area contributed by atoms with Crippen molar-refractivity contribution < 1.29 is 24.0 Å². The molecule has 1 aliphatic rings. The molecule has 0 saturated carbocycles. The van der Waals surface area contributed by atoms with Gasteiger partial charge in [0.25, 0.3) is 16.8 Å². The molecular formula is C25H18ClIN2O6S. The second-order valence-corrected chi connectivity index (χ2v) is 10.2. The van der Waals surface area contributed by atoms with Crippen LogP contribution in [0.1, 0.15) is 16.7 Å². The maximum absolute atomic E-state index is 13.0. The molecule has 0 N–H and O–H groups in total. The SMILES string of the molecule is COc1cc(C=C2SC(=O)N(Cc3ccccc3[N+](=O)[O-])C2=O)cc(I)c1OCc1ccc(Cl)cc1. The number of rotatable bonds is 8. The minimum absolute atomic E-state index is 0.144. The fourth-order valence-corrected chi connectivity index (χ4v) is 5.23. The second-order valence-electron chi connectivity index (χ2n) is 7.60. The van der Waals surface area contributed by atoms with E-state index in [-0.39, 0.29) is 22.7 Å². The lowest BCUT2D eigenvalue weighted by molar-refractivity contribution is -0.385. The summed E-state index contributed by atoms with van der Waals surface area (Å²) >= 11 is 8.84. The third kappa shape index (κ3) is 5.82. The molecule has 11 heteroatoms. The van der Waals surface area contributed by atoms with E-state index in [0.717, 1.165) is 25.8 Å². The van der Waals surface area contributed by atoms with Crippen molar-refractivity contribution in [2.45, 2.75) is 13.2 Å².